The maximum atomic E-state index is 12.8. The third-order valence-electron chi connectivity index (χ3n) is 5.35. The summed E-state index contributed by atoms with van der Waals surface area (Å²) in [4.78, 5) is 15.0. The minimum absolute atomic E-state index is 0.166. The van der Waals surface area contributed by atoms with E-state index >= 15 is 0 Å². The van der Waals surface area contributed by atoms with Gasteiger partial charge in [0.1, 0.15) is 34.6 Å². The quantitative estimate of drug-likeness (QED) is 0.304. The first-order valence-corrected chi connectivity index (χ1v) is 11.8. The fourth-order valence-corrected chi connectivity index (χ4v) is 6.15. The van der Waals surface area contributed by atoms with Crippen molar-refractivity contribution in [2.75, 3.05) is 6.61 Å². The van der Waals surface area contributed by atoms with Crippen LogP contribution in [0.15, 0.2) is 63.2 Å². The Labute approximate surface area is 199 Å². The highest BCUT2D eigenvalue weighted by Crippen LogP contribution is 2.39. The minimum Gasteiger partial charge on any atom is -0.507 e. The van der Waals surface area contributed by atoms with E-state index in [0.29, 0.717) is 27.1 Å². The molecule has 3 aromatic carbocycles. The van der Waals surface area contributed by atoms with Crippen LogP contribution in [0.2, 0.25) is 0 Å². The molecule has 0 saturated carbocycles. The molecule has 0 spiro atoms. The molecule has 0 unspecified atom stereocenters. The normalized spacial score (nSPS) is 11.6. The Balaban J connectivity index is 2.16. The van der Waals surface area contributed by atoms with E-state index in [0.717, 1.165) is 9.79 Å². The molecule has 8 heteroatoms. The summed E-state index contributed by atoms with van der Waals surface area (Å²) in [7, 11) is -0.872. The Morgan fingerprint density at radius 1 is 0.853 bits per heavy atom. The lowest BCUT2D eigenvalue weighted by atomic mass is 10.1. The minimum atomic E-state index is -4.42. The van der Waals surface area contributed by atoms with Crippen molar-refractivity contribution in [2.24, 2.45) is 0 Å². The number of phenols is 2. The zero-order valence-corrected chi connectivity index (χ0v) is 20.1. The molecule has 0 amide bonds. The first-order valence-electron chi connectivity index (χ1n) is 10.6. The maximum absolute atomic E-state index is 12.8. The van der Waals surface area contributed by atoms with E-state index in [2.05, 4.69) is 0 Å². The van der Waals surface area contributed by atoms with E-state index < -0.39 is 36.1 Å². The van der Waals surface area contributed by atoms with Crippen LogP contribution < -0.4 is 0 Å². The third kappa shape index (κ3) is 5.67. The standard InChI is InChI=1S/C26H25F3O4S/c1-15-11-19(12-16(2)23(15)30)34(20-13-17(3)24(31)18(4)14-20)22-8-6-5-7-21(22)25(32)33-10-9-26(27,28)29/h5-8,11-14H,9-10H2,1-4H3,(H-,30,31)/p+1. The van der Waals surface area contributed by atoms with Crippen molar-refractivity contribution < 1.29 is 32.9 Å². The van der Waals surface area contributed by atoms with Gasteiger partial charge in [0.05, 0.1) is 6.42 Å². The Morgan fingerprint density at radius 2 is 1.29 bits per heavy atom. The average molecular weight is 492 g/mol. The van der Waals surface area contributed by atoms with Gasteiger partial charge in [-0.05, 0) is 62.1 Å². The van der Waals surface area contributed by atoms with E-state index in [-0.39, 0.29) is 17.1 Å². The van der Waals surface area contributed by atoms with Gasteiger partial charge >= 0.3 is 12.1 Å². The van der Waals surface area contributed by atoms with E-state index in [1.165, 1.54) is 6.07 Å². The second-order valence-electron chi connectivity index (χ2n) is 8.11. The molecule has 34 heavy (non-hydrogen) atoms. The van der Waals surface area contributed by atoms with Crippen molar-refractivity contribution in [3.63, 3.8) is 0 Å². The van der Waals surface area contributed by atoms with Crippen molar-refractivity contribution in [2.45, 2.75) is 55.0 Å². The zero-order valence-electron chi connectivity index (χ0n) is 19.3. The van der Waals surface area contributed by atoms with Crippen molar-refractivity contribution in [3.05, 3.63) is 76.3 Å². The molecule has 2 N–H and O–H groups in total. The second kappa shape index (κ2) is 10.0. The monoisotopic (exact) mass is 491 g/mol. The Kier molecular flexibility index (Phi) is 7.51. The first kappa shape index (κ1) is 25.5. The maximum Gasteiger partial charge on any atom is 0.392 e. The van der Waals surface area contributed by atoms with Gasteiger partial charge in [-0.2, -0.15) is 13.2 Å². The van der Waals surface area contributed by atoms with Gasteiger partial charge < -0.3 is 14.9 Å². The number of esters is 1. The summed E-state index contributed by atoms with van der Waals surface area (Å²) in [5, 5.41) is 20.6. The Bertz CT molecular complexity index is 1120. The molecule has 4 nitrogen and oxygen atoms in total. The number of alkyl halides is 3. The van der Waals surface area contributed by atoms with Gasteiger partial charge in [0.15, 0.2) is 14.7 Å². The summed E-state index contributed by atoms with van der Waals surface area (Å²) >= 11 is 0. The molecule has 0 heterocycles. The van der Waals surface area contributed by atoms with Crippen molar-refractivity contribution >= 4 is 16.9 Å². The van der Waals surface area contributed by atoms with Crippen LogP contribution in [0.5, 0.6) is 11.5 Å². The van der Waals surface area contributed by atoms with Crippen LogP contribution in [0.25, 0.3) is 0 Å². The number of hydrogen-bond donors (Lipinski definition) is 2. The molecule has 0 aliphatic carbocycles. The SMILES string of the molecule is Cc1cc([S+](c2cc(C)c(O)c(C)c2)c2ccccc2C(=O)OCCC(F)(F)F)cc(C)c1O. The molecule has 0 bridgehead atoms. The van der Waals surface area contributed by atoms with Gasteiger partial charge in [-0.3, -0.25) is 0 Å². The number of carbonyl (C=O) groups is 1. The highest BCUT2D eigenvalue weighted by atomic mass is 32.2. The van der Waals surface area contributed by atoms with E-state index in [1.807, 2.05) is 24.3 Å². The number of aromatic hydroxyl groups is 2. The molecule has 0 fully saturated rings. The number of halogens is 3. The number of phenolic OH excluding ortho intramolecular Hbond substituents is 2. The molecule has 0 aromatic heterocycles. The van der Waals surface area contributed by atoms with Crippen LogP contribution in [-0.4, -0.2) is 29.0 Å². The van der Waals surface area contributed by atoms with Gasteiger partial charge in [0.2, 0.25) is 0 Å². The van der Waals surface area contributed by atoms with Crippen LogP contribution in [0.1, 0.15) is 39.0 Å². The number of rotatable bonds is 6. The largest absolute Gasteiger partial charge is 0.507 e. The Morgan fingerprint density at radius 3 is 1.74 bits per heavy atom. The zero-order chi connectivity index (χ0) is 25.2. The summed E-state index contributed by atoms with van der Waals surface area (Å²) in [6.45, 7) is 6.34. The predicted octanol–water partition coefficient (Wildman–Crippen LogP) is 6.54. The molecule has 0 radical (unpaired) electrons. The number of benzene rings is 3. The summed E-state index contributed by atoms with van der Waals surface area (Å²) in [6.07, 6.45) is -5.65. The van der Waals surface area contributed by atoms with Gasteiger partial charge in [0.25, 0.3) is 0 Å². The molecule has 0 aliphatic heterocycles. The number of ether oxygens (including phenoxy) is 1. The summed E-state index contributed by atoms with van der Waals surface area (Å²) in [5.41, 5.74) is 2.80. The van der Waals surface area contributed by atoms with Crippen LogP contribution in [0.3, 0.4) is 0 Å². The van der Waals surface area contributed by atoms with Crippen LogP contribution >= 0.6 is 0 Å². The van der Waals surface area contributed by atoms with Gasteiger partial charge in [-0.15, -0.1) is 0 Å². The molecular formula is C26H26F3O4S+. The number of hydrogen-bond acceptors (Lipinski definition) is 4. The Hall–Kier alpha value is -3.13. The van der Waals surface area contributed by atoms with Crippen LogP contribution in [0, 0.1) is 27.7 Å². The smallest absolute Gasteiger partial charge is 0.392 e. The lowest BCUT2D eigenvalue weighted by Gasteiger charge is -2.15. The van der Waals surface area contributed by atoms with Crippen LogP contribution in [-0.2, 0) is 15.6 Å². The van der Waals surface area contributed by atoms with E-state index in [9.17, 15) is 28.2 Å². The highest BCUT2D eigenvalue weighted by Gasteiger charge is 2.36. The van der Waals surface area contributed by atoms with Gasteiger partial charge in [-0.1, -0.05) is 12.1 Å². The van der Waals surface area contributed by atoms with Gasteiger partial charge in [-0.25, -0.2) is 4.79 Å². The number of aryl methyl sites for hydroxylation is 4. The van der Waals surface area contributed by atoms with E-state index in [1.54, 1.807) is 45.9 Å². The molecule has 0 aliphatic rings. The van der Waals surface area contributed by atoms with Crippen molar-refractivity contribution in [1.29, 1.82) is 0 Å². The number of carbonyl (C=O) groups excluding carboxylic acids is 1. The second-order valence-corrected chi connectivity index (χ2v) is 10.1. The summed E-state index contributed by atoms with van der Waals surface area (Å²) in [6, 6.07) is 14.0. The third-order valence-corrected chi connectivity index (χ3v) is 7.56. The van der Waals surface area contributed by atoms with E-state index in [4.69, 9.17) is 4.74 Å². The lowest BCUT2D eigenvalue weighted by Crippen LogP contribution is -2.17. The lowest BCUT2D eigenvalue weighted by molar-refractivity contribution is -0.141. The first-order chi connectivity index (χ1) is 15.9. The average Bonchev–Trinajstić information content (AvgIpc) is 2.75. The fraction of sp³-hybridized carbons (Fsp3) is 0.269. The van der Waals surface area contributed by atoms with Crippen LogP contribution in [0.4, 0.5) is 13.2 Å². The predicted molar refractivity (Wildman–Crippen MR) is 125 cm³/mol. The van der Waals surface area contributed by atoms with Crippen molar-refractivity contribution in [1.82, 2.24) is 0 Å². The van der Waals surface area contributed by atoms with Crippen molar-refractivity contribution in [3.8, 4) is 11.5 Å². The summed E-state index contributed by atoms with van der Waals surface area (Å²) in [5.74, 6) is -0.493. The summed E-state index contributed by atoms with van der Waals surface area (Å²) < 4.78 is 42.6. The fourth-order valence-electron chi connectivity index (χ4n) is 3.61. The molecule has 180 valence electrons. The van der Waals surface area contributed by atoms with Gasteiger partial charge in [0, 0.05) is 24.3 Å². The molecular weight excluding hydrogens is 465 g/mol. The highest BCUT2D eigenvalue weighted by molar-refractivity contribution is 7.97. The molecule has 0 saturated heterocycles. The molecule has 3 aromatic rings. The molecule has 3 rings (SSSR count). The topological polar surface area (TPSA) is 66.8 Å². The molecule has 0 atom stereocenters.